The molecule has 0 unspecified atom stereocenters. The summed E-state index contributed by atoms with van der Waals surface area (Å²) >= 11 is 0. The van der Waals surface area contributed by atoms with Crippen LogP contribution in [0.1, 0.15) is 225 Å². The Morgan fingerprint density at radius 2 is 0.578 bits per heavy atom. The van der Waals surface area contributed by atoms with E-state index in [0.29, 0.717) is 0 Å². The molecule has 0 atom stereocenters. The van der Waals surface area contributed by atoms with Crippen LogP contribution in [0, 0.1) is 0 Å². The van der Waals surface area contributed by atoms with Crippen LogP contribution in [0.2, 0.25) is 18.1 Å². The molecule has 0 bridgehead atoms. The quantitative estimate of drug-likeness (QED) is 0.0501. The van der Waals surface area contributed by atoms with Crippen LogP contribution in [0.25, 0.3) is 0 Å². The van der Waals surface area contributed by atoms with Crippen LogP contribution in [-0.2, 0) is 6.42 Å². The highest BCUT2D eigenvalue weighted by Gasteiger charge is 2.10. The second kappa shape index (κ2) is 36.3. The first-order valence-electron chi connectivity index (χ1n) is 21.4. The second-order valence-corrected chi connectivity index (χ2v) is 18.5. The average molecular weight is 641 g/mol. The topological polar surface area (TPSA) is 0 Å². The Bertz CT molecular complexity index is 626. The van der Waals surface area contributed by atoms with Gasteiger partial charge in [-0.3, -0.25) is 0 Å². The molecule has 1 aromatic rings. The molecule has 0 fully saturated rings. The lowest BCUT2D eigenvalue weighted by Crippen LogP contribution is -2.12. The maximum absolute atomic E-state index is 2.32. The van der Waals surface area contributed by atoms with E-state index in [1.807, 2.05) is 0 Å². The summed E-state index contributed by atoms with van der Waals surface area (Å²) in [6, 6.07) is 16.0. The number of hydrogen-bond acceptors (Lipinski definition) is 0. The summed E-state index contributed by atoms with van der Waals surface area (Å²) in [6.07, 6.45) is 48.7. The second-order valence-electron chi connectivity index (χ2n) is 15.1. The van der Waals surface area contributed by atoms with Crippen molar-refractivity contribution in [3.8, 4) is 0 Å². The van der Waals surface area contributed by atoms with Gasteiger partial charge < -0.3 is 0 Å². The lowest BCUT2D eigenvalue weighted by Gasteiger charge is -2.15. The molecule has 0 aliphatic rings. The van der Waals surface area contributed by atoms with E-state index in [-0.39, 0.29) is 0 Å². The van der Waals surface area contributed by atoms with Gasteiger partial charge in [-0.2, -0.15) is 0 Å². The third-order valence-corrected chi connectivity index (χ3v) is 14.3. The zero-order valence-electron chi connectivity index (χ0n) is 31.4. The van der Waals surface area contributed by atoms with Crippen LogP contribution in [-0.4, -0.2) is 8.80 Å². The summed E-state index contributed by atoms with van der Waals surface area (Å²) < 4.78 is 0. The fourth-order valence-corrected chi connectivity index (χ4v) is 10.9. The average Bonchev–Trinajstić information content (AvgIpc) is 3.06. The first-order valence-corrected chi connectivity index (χ1v) is 23.9. The maximum Gasteiger partial charge on any atom is 0.0367 e. The number of aryl methyl sites for hydroxylation is 1. The Labute approximate surface area is 287 Å². The minimum absolute atomic E-state index is 0.507. The number of hydrogen-bond donors (Lipinski definition) is 0. The molecular weight excluding hydrogens is 557 g/mol. The lowest BCUT2D eigenvalue weighted by atomic mass is 10.0. The Hall–Kier alpha value is -0.563. The van der Waals surface area contributed by atoms with Gasteiger partial charge in [-0.1, -0.05) is 261 Å². The predicted molar refractivity (Wildman–Crippen MR) is 211 cm³/mol. The molecule has 0 nitrogen and oxygen atoms in total. The van der Waals surface area contributed by atoms with Crippen molar-refractivity contribution < 1.29 is 0 Å². The predicted octanol–water partition coefficient (Wildman–Crippen LogP) is 16.0. The van der Waals surface area contributed by atoms with Crippen LogP contribution in [0.4, 0.5) is 0 Å². The summed E-state index contributed by atoms with van der Waals surface area (Å²) in [5.74, 6) is 0. The highest BCUT2D eigenvalue weighted by Crippen LogP contribution is 2.21. The largest absolute Gasteiger partial charge is 0.0654 e. The van der Waals surface area contributed by atoms with Crippen LogP contribution >= 0.6 is 0 Å². The first kappa shape index (κ1) is 42.5. The van der Waals surface area contributed by atoms with Crippen molar-refractivity contribution in [1.82, 2.24) is 0 Å². The molecule has 0 amide bonds. The van der Waals surface area contributed by atoms with Gasteiger partial charge in [-0.05, 0) is 18.4 Å². The molecule has 45 heavy (non-hydrogen) atoms. The Morgan fingerprint density at radius 3 is 0.889 bits per heavy atom. The molecule has 0 N–H and O–H groups in total. The van der Waals surface area contributed by atoms with E-state index in [2.05, 4.69) is 44.2 Å². The molecule has 0 aliphatic heterocycles. The Kier molecular flexibility index (Phi) is 34.2. The van der Waals surface area contributed by atoms with E-state index in [1.54, 1.807) is 37.4 Å². The monoisotopic (exact) mass is 641 g/mol. The molecule has 0 aromatic heterocycles. The van der Waals surface area contributed by atoms with Gasteiger partial charge in [0, 0.05) is 8.80 Å². The lowest BCUT2D eigenvalue weighted by molar-refractivity contribution is 0.546. The summed E-state index contributed by atoms with van der Waals surface area (Å²) in [6.45, 7) is 4.64. The molecule has 0 saturated carbocycles. The highest BCUT2D eigenvalue weighted by atomic mass is 28.3. The van der Waals surface area contributed by atoms with Crippen molar-refractivity contribution >= 4 is 8.80 Å². The van der Waals surface area contributed by atoms with Crippen molar-refractivity contribution in [2.45, 2.75) is 244 Å². The smallest absolute Gasteiger partial charge is 0.0367 e. The van der Waals surface area contributed by atoms with E-state index in [0.717, 1.165) is 0 Å². The zero-order chi connectivity index (χ0) is 32.1. The van der Waals surface area contributed by atoms with Gasteiger partial charge in [0.1, 0.15) is 0 Å². The summed E-state index contributed by atoms with van der Waals surface area (Å²) in [5, 5.41) is 0. The molecule has 1 heteroatoms. The van der Waals surface area contributed by atoms with Crippen molar-refractivity contribution in [1.29, 1.82) is 0 Å². The van der Waals surface area contributed by atoms with Gasteiger partial charge in [0.15, 0.2) is 0 Å². The van der Waals surface area contributed by atoms with Gasteiger partial charge in [0.25, 0.3) is 0 Å². The molecule has 0 radical (unpaired) electrons. The van der Waals surface area contributed by atoms with Gasteiger partial charge >= 0.3 is 0 Å². The molecule has 0 saturated heterocycles. The number of benzene rings is 1. The van der Waals surface area contributed by atoms with E-state index in [1.165, 1.54) is 198 Å². The third kappa shape index (κ3) is 31.8. The highest BCUT2D eigenvalue weighted by molar-refractivity contribution is 6.58. The van der Waals surface area contributed by atoms with Crippen LogP contribution in [0.3, 0.4) is 0 Å². The summed E-state index contributed by atoms with van der Waals surface area (Å²) in [4.78, 5) is 0. The summed E-state index contributed by atoms with van der Waals surface area (Å²) in [5.41, 5.74) is 1.52. The van der Waals surface area contributed by atoms with Crippen molar-refractivity contribution in [2.24, 2.45) is 0 Å². The molecule has 0 heterocycles. The van der Waals surface area contributed by atoms with Gasteiger partial charge in [-0.25, -0.2) is 0 Å². The summed E-state index contributed by atoms with van der Waals surface area (Å²) in [7, 11) is -0.507. The van der Waals surface area contributed by atoms with Crippen molar-refractivity contribution in [3.63, 3.8) is 0 Å². The van der Waals surface area contributed by atoms with Crippen LogP contribution < -0.4 is 0 Å². The minimum atomic E-state index is -0.507. The number of unbranched alkanes of at least 4 members (excludes halogenated alkanes) is 29. The number of rotatable bonds is 37. The Balaban J connectivity index is 2.08. The van der Waals surface area contributed by atoms with Gasteiger partial charge in [-0.15, -0.1) is 0 Å². The van der Waals surface area contributed by atoms with Gasteiger partial charge in [0.2, 0.25) is 0 Å². The normalized spacial score (nSPS) is 11.6. The van der Waals surface area contributed by atoms with Crippen LogP contribution in [0.15, 0.2) is 30.3 Å². The van der Waals surface area contributed by atoms with E-state index in [4.69, 9.17) is 0 Å². The molecule has 0 aliphatic carbocycles. The molecule has 0 spiro atoms. The van der Waals surface area contributed by atoms with E-state index >= 15 is 0 Å². The maximum atomic E-state index is 2.32. The van der Waals surface area contributed by atoms with Crippen molar-refractivity contribution in [3.05, 3.63) is 35.9 Å². The zero-order valence-corrected chi connectivity index (χ0v) is 32.6. The van der Waals surface area contributed by atoms with Gasteiger partial charge in [0.05, 0.1) is 0 Å². The molecule has 1 rings (SSSR count). The fraction of sp³-hybridized carbons (Fsp3) is 0.864. The standard InChI is InChI=1S/C44H84Si/c1-3-5-7-9-11-13-15-17-20-24-28-35-41-45(42-36-29-25-21-18-16-14-12-10-8-6-4-2)43-37-30-26-22-19-23-27-32-38-44-39-33-31-34-40-44/h31,33-34,39-40,45H,3-30,32,35-38,41-43H2,1-2H3. The Morgan fingerprint density at radius 1 is 0.311 bits per heavy atom. The molecule has 1 aromatic carbocycles. The molecular formula is C44H84Si. The van der Waals surface area contributed by atoms with E-state index in [9.17, 15) is 0 Å². The fourth-order valence-electron chi connectivity index (χ4n) is 7.45. The van der Waals surface area contributed by atoms with Crippen LogP contribution in [0.5, 0.6) is 0 Å². The minimum Gasteiger partial charge on any atom is -0.0654 e. The third-order valence-electron chi connectivity index (χ3n) is 10.6. The SMILES string of the molecule is CCCCCCCCCCCCCC[SiH](CCCCCCCCCCCCCC)CCCCCCCCCCc1ccccc1. The first-order chi connectivity index (χ1) is 22.4. The van der Waals surface area contributed by atoms with Crippen molar-refractivity contribution in [2.75, 3.05) is 0 Å². The van der Waals surface area contributed by atoms with E-state index < -0.39 is 8.80 Å². The molecule has 264 valence electrons.